The molecular weight excluding hydrogens is 489 g/mol. The number of Topliss-reactive ketones (excluding diaryl/α,β-unsaturated/α-hetero) is 1. The third-order valence-corrected chi connectivity index (χ3v) is 6.29. The van der Waals surface area contributed by atoms with Crippen LogP contribution in [0.1, 0.15) is 22.7 Å². The minimum absolute atomic E-state index is 0.0100. The van der Waals surface area contributed by atoms with Gasteiger partial charge in [-0.2, -0.15) is 13.2 Å². The van der Waals surface area contributed by atoms with E-state index in [-0.39, 0.29) is 23.6 Å². The molecule has 37 heavy (non-hydrogen) atoms. The van der Waals surface area contributed by atoms with Crippen molar-refractivity contribution in [1.82, 2.24) is 0 Å². The topological polar surface area (TPSA) is 79.3 Å². The Morgan fingerprint density at radius 3 is 2.22 bits per heavy atom. The second-order valence-corrected chi connectivity index (χ2v) is 8.77. The highest BCUT2D eigenvalue weighted by atomic mass is 19.4. The first kappa shape index (κ1) is 24.2. The Morgan fingerprint density at radius 2 is 1.59 bits per heavy atom. The largest absolute Gasteiger partial charge is 0.507 e. The number of carbonyl (C=O) groups is 2. The van der Waals surface area contributed by atoms with Crippen molar-refractivity contribution in [3.63, 3.8) is 0 Å². The summed E-state index contributed by atoms with van der Waals surface area (Å²) in [6.07, 6.45) is -4.56. The molecule has 0 spiro atoms. The number of benzene rings is 3. The maximum atomic E-state index is 13.3. The number of amides is 1. The second-order valence-electron chi connectivity index (χ2n) is 8.77. The van der Waals surface area contributed by atoms with Crippen LogP contribution >= 0.6 is 0 Å². The number of aliphatic hydroxyl groups is 1. The summed E-state index contributed by atoms with van der Waals surface area (Å²) in [5.41, 5.74) is 0.575. The van der Waals surface area contributed by atoms with Crippen LogP contribution < -0.4 is 19.3 Å². The van der Waals surface area contributed by atoms with Crippen molar-refractivity contribution in [1.29, 1.82) is 0 Å². The Labute approximate surface area is 209 Å². The lowest BCUT2D eigenvalue weighted by Crippen LogP contribution is -2.29. The molecule has 190 valence electrons. The number of anilines is 2. The van der Waals surface area contributed by atoms with Gasteiger partial charge in [-0.05, 0) is 60.2 Å². The molecule has 1 amide bonds. The number of fused-ring (bicyclic) bond motifs is 1. The number of ether oxygens (including phenoxy) is 2. The Balaban J connectivity index is 1.66. The molecule has 7 nitrogen and oxygen atoms in total. The minimum Gasteiger partial charge on any atom is -0.507 e. The molecule has 0 bridgehead atoms. The van der Waals surface area contributed by atoms with Crippen LogP contribution in [-0.4, -0.2) is 37.7 Å². The normalized spacial score (nSPS) is 18.4. The van der Waals surface area contributed by atoms with Crippen molar-refractivity contribution >= 4 is 28.8 Å². The molecule has 2 aliphatic heterocycles. The highest BCUT2D eigenvalue weighted by Gasteiger charge is 2.47. The number of ketones is 1. The fourth-order valence-corrected chi connectivity index (χ4v) is 4.38. The lowest BCUT2D eigenvalue weighted by Gasteiger charge is -2.26. The van der Waals surface area contributed by atoms with Gasteiger partial charge in [0.15, 0.2) is 11.5 Å². The smallest absolute Gasteiger partial charge is 0.416 e. The zero-order valence-corrected chi connectivity index (χ0v) is 19.7. The van der Waals surface area contributed by atoms with Crippen molar-refractivity contribution in [2.75, 3.05) is 30.7 Å². The number of carbonyl (C=O) groups excluding carboxylic acids is 2. The van der Waals surface area contributed by atoms with Crippen molar-refractivity contribution in [2.24, 2.45) is 0 Å². The van der Waals surface area contributed by atoms with Gasteiger partial charge >= 0.3 is 6.18 Å². The molecule has 1 N–H and O–H groups in total. The molecule has 1 atom stereocenters. The molecule has 10 heteroatoms. The van der Waals surface area contributed by atoms with Gasteiger partial charge in [-0.3, -0.25) is 14.5 Å². The van der Waals surface area contributed by atoms with Gasteiger partial charge in [-0.25, -0.2) is 0 Å². The van der Waals surface area contributed by atoms with Crippen molar-refractivity contribution in [2.45, 2.75) is 12.2 Å². The molecule has 0 aromatic heterocycles. The molecule has 0 aliphatic carbocycles. The number of hydrogen-bond acceptors (Lipinski definition) is 6. The van der Waals surface area contributed by atoms with Gasteiger partial charge in [-0.1, -0.05) is 12.1 Å². The predicted octanol–water partition coefficient (Wildman–Crippen LogP) is 5.13. The average molecular weight is 510 g/mol. The summed E-state index contributed by atoms with van der Waals surface area (Å²) in [5, 5.41) is 11.3. The standard InChI is InChI=1S/C27H21F3N2O5/c1-31(2)18-8-3-15(4-9-18)23-22(24(33)16-5-12-20-21(13-16)37-14-36-20)25(34)26(35)32(23)19-10-6-17(7-11-19)27(28,29)30/h3-13,23,33H,14H2,1-2H3/b24-22-. The molecule has 3 aromatic rings. The van der Waals surface area contributed by atoms with E-state index in [4.69, 9.17) is 9.47 Å². The van der Waals surface area contributed by atoms with Gasteiger partial charge in [0.1, 0.15) is 5.76 Å². The summed E-state index contributed by atoms with van der Waals surface area (Å²) in [4.78, 5) is 29.5. The summed E-state index contributed by atoms with van der Waals surface area (Å²) >= 11 is 0. The van der Waals surface area contributed by atoms with Crippen LogP contribution in [0.5, 0.6) is 11.5 Å². The summed E-state index contributed by atoms with van der Waals surface area (Å²) in [6, 6.07) is 14.4. The molecular formula is C27H21F3N2O5. The van der Waals surface area contributed by atoms with Crippen LogP contribution in [0.15, 0.2) is 72.3 Å². The van der Waals surface area contributed by atoms with Crippen LogP contribution in [0.3, 0.4) is 0 Å². The van der Waals surface area contributed by atoms with Gasteiger partial charge in [0.25, 0.3) is 11.7 Å². The van der Waals surface area contributed by atoms with Gasteiger partial charge in [0.2, 0.25) is 6.79 Å². The van der Waals surface area contributed by atoms with E-state index in [1.807, 2.05) is 19.0 Å². The van der Waals surface area contributed by atoms with E-state index in [1.54, 1.807) is 30.3 Å². The number of nitrogens with zero attached hydrogens (tertiary/aromatic N) is 2. The van der Waals surface area contributed by atoms with E-state index in [1.165, 1.54) is 12.1 Å². The van der Waals surface area contributed by atoms with Crippen LogP contribution in [0.25, 0.3) is 5.76 Å². The van der Waals surface area contributed by atoms with Crippen LogP contribution in [-0.2, 0) is 15.8 Å². The minimum atomic E-state index is -4.56. The van der Waals surface area contributed by atoms with E-state index in [0.29, 0.717) is 17.1 Å². The monoisotopic (exact) mass is 510 g/mol. The van der Waals surface area contributed by atoms with Crippen molar-refractivity contribution in [3.8, 4) is 11.5 Å². The molecule has 1 unspecified atom stereocenters. The van der Waals surface area contributed by atoms with Crippen LogP contribution in [0.4, 0.5) is 24.5 Å². The zero-order valence-electron chi connectivity index (χ0n) is 19.7. The van der Waals surface area contributed by atoms with Crippen molar-refractivity contribution < 1.29 is 37.3 Å². The maximum Gasteiger partial charge on any atom is 0.416 e. The van der Waals surface area contributed by atoms with Crippen LogP contribution in [0, 0.1) is 0 Å². The second kappa shape index (κ2) is 8.88. The summed E-state index contributed by atoms with van der Waals surface area (Å²) in [6.45, 7) is 0.0100. The fraction of sp³-hybridized carbons (Fsp3) is 0.185. The van der Waals surface area contributed by atoms with E-state index in [2.05, 4.69) is 0 Å². The summed E-state index contributed by atoms with van der Waals surface area (Å²) in [5.74, 6) is -1.53. The number of hydrogen-bond donors (Lipinski definition) is 1. The molecule has 2 aliphatic rings. The third-order valence-electron chi connectivity index (χ3n) is 6.29. The van der Waals surface area contributed by atoms with Gasteiger partial charge in [0, 0.05) is 31.0 Å². The quantitative estimate of drug-likeness (QED) is 0.298. The number of rotatable bonds is 4. The first-order chi connectivity index (χ1) is 17.6. The lowest BCUT2D eigenvalue weighted by atomic mass is 9.94. The highest BCUT2D eigenvalue weighted by molar-refractivity contribution is 6.51. The Kier molecular flexibility index (Phi) is 5.82. The van der Waals surface area contributed by atoms with Gasteiger partial charge in [-0.15, -0.1) is 0 Å². The SMILES string of the molecule is CN(C)c1ccc(C2/C(=C(/O)c3ccc4c(c3)OCO4)C(=O)C(=O)N2c2ccc(C(F)(F)F)cc2)cc1. The predicted molar refractivity (Wildman–Crippen MR) is 130 cm³/mol. The molecule has 0 saturated carbocycles. The van der Waals surface area contributed by atoms with E-state index >= 15 is 0 Å². The van der Waals surface area contributed by atoms with Gasteiger partial charge < -0.3 is 19.5 Å². The molecule has 1 fully saturated rings. The Bertz CT molecular complexity index is 1410. The highest BCUT2D eigenvalue weighted by Crippen LogP contribution is 2.44. The Hall–Kier alpha value is -4.47. The molecule has 0 radical (unpaired) electrons. The number of alkyl halides is 3. The first-order valence-electron chi connectivity index (χ1n) is 11.2. The third kappa shape index (κ3) is 4.24. The Morgan fingerprint density at radius 1 is 0.946 bits per heavy atom. The average Bonchev–Trinajstić information content (AvgIpc) is 3.45. The zero-order chi connectivity index (χ0) is 26.5. The van der Waals surface area contributed by atoms with E-state index in [9.17, 15) is 27.9 Å². The number of halogens is 3. The molecule has 2 heterocycles. The van der Waals surface area contributed by atoms with Gasteiger partial charge in [0.05, 0.1) is 17.2 Å². The van der Waals surface area contributed by atoms with Crippen LogP contribution in [0.2, 0.25) is 0 Å². The molecule has 5 rings (SSSR count). The first-order valence-corrected chi connectivity index (χ1v) is 11.2. The fourth-order valence-electron chi connectivity index (χ4n) is 4.38. The van der Waals surface area contributed by atoms with Crippen molar-refractivity contribution in [3.05, 3.63) is 89.0 Å². The summed E-state index contributed by atoms with van der Waals surface area (Å²) in [7, 11) is 3.70. The molecule has 1 saturated heterocycles. The molecule has 3 aromatic carbocycles. The maximum absolute atomic E-state index is 13.3. The van der Waals surface area contributed by atoms with E-state index in [0.717, 1.165) is 34.9 Å². The lowest BCUT2D eigenvalue weighted by molar-refractivity contribution is -0.137. The van der Waals surface area contributed by atoms with E-state index < -0.39 is 35.2 Å². The number of aliphatic hydroxyl groups excluding tert-OH is 1. The summed E-state index contributed by atoms with van der Waals surface area (Å²) < 4.78 is 50.1.